The average molecular weight is 218 g/mol. The first-order valence-corrected chi connectivity index (χ1v) is 4.86. The predicted molar refractivity (Wildman–Crippen MR) is 58.1 cm³/mol. The van der Waals surface area contributed by atoms with E-state index in [1.54, 1.807) is 12.1 Å². The summed E-state index contributed by atoms with van der Waals surface area (Å²) >= 11 is 0. The molecule has 0 unspecified atom stereocenters. The molecule has 16 heavy (non-hydrogen) atoms. The van der Waals surface area contributed by atoms with Crippen LogP contribution in [0.3, 0.4) is 0 Å². The molecule has 0 amide bonds. The minimum atomic E-state index is -0.539. The van der Waals surface area contributed by atoms with Crippen LogP contribution in [-0.4, -0.2) is 24.1 Å². The van der Waals surface area contributed by atoms with Crippen LogP contribution in [-0.2, 0) is 0 Å². The van der Waals surface area contributed by atoms with Gasteiger partial charge in [0.15, 0.2) is 0 Å². The summed E-state index contributed by atoms with van der Waals surface area (Å²) in [6.45, 7) is 1.71. The lowest BCUT2D eigenvalue weighted by Crippen LogP contribution is -2.51. The second-order valence-electron chi connectivity index (χ2n) is 3.60. The van der Waals surface area contributed by atoms with Crippen LogP contribution in [0.4, 0.5) is 11.4 Å². The summed E-state index contributed by atoms with van der Waals surface area (Å²) in [6.07, 6.45) is 0. The molecule has 1 aliphatic rings. The fraction of sp³-hybridized carbons (Fsp3) is 0.300. The van der Waals surface area contributed by atoms with E-state index in [0.717, 1.165) is 13.1 Å². The van der Waals surface area contributed by atoms with Gasteiger partial charge in [0.1, 0.15) is 11.6 Å². The van der Waals surface area contributed by atoms with Crippen molar-refractivity contribution < 1.29 is 4.92 Å². The number of nitrogens with zero attached hydrogens (tertiary/aromatic N) is 2. The molecule has 82 valence electrons. The van der Waals surface area contributed by atoms with Gasteiger partial charge in [0.2, 0.25) is 0 Å². The van der Waals surface area contributed by atoms with E-state index >= 15 is 0 Å². The first kappa shape index (κ1) is 10.4. The topological polar surface area (TPSA) is 91.0 Å². The Morgan fingerprint density at radius 1 is 1.56 bits per heavy atom. The third-order valence-electron chi connectivity index (χ3n) is 2.47. The molecule has 0 aliphatic carbocycles. The van der Waals surface area contributed by atoms with Crippen molar-refractivity contribution in [2.45, 2.75) is 6.04 Å². The molecule has 0 aromatic heterocycles. The zero-order chi connectivity index (χ0) is 11.5. The molecule has 2 N–H and O–H groups in total. The SMILES string of the molecule is N#Cc1ccc(NC2CNC2)cc1[N+](=O)[O-]. The maximum absolute atomic E-state index is 10.7. The number of nitro groups is 1. The molecule has 1 aromatic rings. The van der Waals surface area contributed by atoms with Crippen molar-refractivity contribution in [1.82, 2.24) is 5.32 Å². The summed E-state index contributed by atoms with van der Waals surface area (Å²) in [4.78, 5) is 10.2. The number of anilines is 1. The molecule has 6 heteroatoms. The molecular weight excluding hydrogens is 208 g/mol. The van der Waals surface area contributed by atoms with Gasteiger partial charge in [0.05, 0.1) is 11.0 Å². The third-order valence-corrected chi connectivity index (χ3v) is 2.47. The second kappa shape index (κ2) is 4.16. The van der Waals surface area contributed by atoms with E-state index in [1.807, 2.05) is 0 Å². The van der Waals surface area contributed by atoms with Crippen molar-refractivity contribution in [3.63, 3.8) is 0 Å². The number of hydrogen-bond acceptors (Lipinski definition) is 5. The largest absolute Gasteiger partial charge is 0.380 e. The van der Waals surface area contributed by atoms with Crippen LogP contribution < -0.4 is 10.6 Å². The standard InChI is InChI=1S/C10H10N4O2/c11-4-7-1-2-8(3-10(7)14(15)16)13-9-5-12-6-9/h1-3,9,12-13H,5-6H2. The second-order valence-corrected chi connectivity index (χ2v) is 3.60. The van der Waals surface area contributed by atoms with Crippen LogP contribution in [0.5, 0.6) is 0 Å². The van der Waals surface area contributed by atoms with Gasteiger partial charge in [-0.15, -0.1) is 0 Å². The lowest BCUT2D eigenvalue weighted by Gasteiger charge is -2.28. The number of hydrogen-bond donors (Lipinski definition) is 2. The number of nitriles is 1. The van der Waals surface area contributed by atoms with Gasteiger partial charge >= 0.3 is 0 Å². The molecule has 2 rings (SSSR count). The molecule has 0 saturated carbocycles. The molecule has 1 aromatic carbocycles. The van der Waals surface area contributed by atoms with Gasteiger partial charge in [-0.1, -0.05) is 0 Å². The minimum Gasteiger partial charge on any atom is -0.380 e. The molecule has 1 saturated heterocycles. The molecule has 0 spiro atoms. The highest BCUT2D eigenvalue weighted by molar-refractivity contribution is 5.59. The zero-order valence-electron chi connectivity index (χ0n) is 8.43. The first-order chi connectivity index (χ1) is 7.70. The van der Waals surface area contributed by atoms with Crippen LogP contribution in [0.1, 0.15) is 5.56 Å². The highest BCUT2D eigenvalue weighted by atomic mass is 16.6. The van der Waals surface area contributed by atoms with Crippen molar-refractivity contribution in [3.8, 4) is 6.07 Å². The van der Waals surface area contributed by atoms with E-state index in [0.29, 0.717) is 11.7 Å². The van der Waals surface area contributed by atoms with Crippen LogP contribution in [0.2, 0.25) is 0 Å². The molecule has 6 nitrogen and oxygen atoms in total. The van der Waals surface area contributed by atoms with Crippen molar-refractivity contribution in [2.75, 3.05) is 18.4 Å². The molecule has 1 fully saturated rings. The van der Waals surface area contributed by atoms with Gasteiger partial charge < -0.3 is 10.6 Å². The van der Waals surface area contributed by atoms with Gasteiger partial charge in [0.25, 0.3) is 5.69 Å². The highest BCUT2D eigenvalue weighted by Gasteiger charge is 2.19. The Morgan fingerprint density at radius 3 is 2.81 bits per heavy atom. The molecule has 0 bridgehead atoms. The molecular formula is C10H10N4O2. The Morgan fingerprint density at radius 2 is 2.31 bits per heavy atom. The van der Waals surface area contributed by atoms with Gasteiger partial charge in [-0.05, 0) is 12.1 Å². The fourth-order valence-electron chi connectivity index (χ4n) is 1.49. The van der Waals surface area contributed by atoms with Crippen LogP contribution in [0.25, 0.3) is 0 Å². The summed E-state index contributed by atoms with van der Waals surface area (Å²) < 4.78 is 0. The van der Waals surface area contributed by atoms with Crippen molar-refractivity contribution in [1.29, 1.82) is 5.26 Å². The fourth-order valence-corrected chi connectivity index (χ4v) is 1.49. The summed E-state index contributed by atoms with van der Waals surface area (Å²) in [6, 6.07) is 6.67. The van der Waals surface area contributed by atoms with Crippen molar-refractivity contribution in [2.24, 2.45) is 0 Å². The number of nitro benzene ring substituents is 1. The maximum atomic E-state index is 10.7. The Bertz CT molecular complexity index is 462. The number of rotatable bonds is 3. The first-order valence-electron chi connectivity index (χ1n) is 4.86. The lowest BCUT2D eigenvalue weighted by atomic mass is 10.1. The number of benzene rings is 1. The van der Waals surface area contributed by atoms with E-state index in [4.69, 9.17) is 5.26 Å². The average Bonchev–Trinajstić information content (AvgIpc) is 2.23. The van der Waals surface area contributed by atoms with E-state index in [1.165, 1.54) is 12.1 Å². The lowest BCUT2D eigenvalue weighted by molar-refractivity contribution is -0.385. The van der Waals surface area contributed by atoms with E-state index in [9.17, 15) is 10.1 Å². The maximum Gasteiger partial charge on any atom is 0.289 e. The van der Waals surface area contributed by atoms with Crippen LogP contribution >= 0.6 is 0 Å². The minimum absolute atomic E-state index is 0.0854. The quantitative estimate of drug-likeness (QED) is 0.579. The summed E-state index contributed by atoms with van der Waals surface area (Å²) in [5.74, 6) is 0. The molecule has 0 atom stereocenters. The van der Waals surface area contributed by atoms with Gasteiger partial charge in [-0.2, -0.15) is 5.26 Å². The monoisotopic (exact) mass is 218 g/mol. The zero-order valence-corrected chi connectivity index (χ0v) is 8.43. The van der Waals surface area contributed by atoms with E-state index in [-0.39, 0.29) is 11.3 Å². The van der Waals surface area contributed by atoms with Crippen LogP contribution in [0, 0.1) is 21.4 Å². The van der Waals surface area contributed by atoms with E-state index < -0.39 is 4.92 Å². The third kappa shape index (κ3) is 1.94. The Kier molecular flexibility index (Phi) is 2.70. The highest BCUT2D eigenvalue weighted by Crippen LogP contribution is 2.23. The Balaban J connectivity index is 2.24. The van der Waals surface area contributed by atoms with E-state index in [2.05, 4.69) is 10.6 Å². The van der Waals surface area contributed by atoms with Gasteiger partial charge in [0, 0.05) is 24.8 Å². The summed E-state index contributed by atoms with van der Waals surface area (Å²) in [7, 11) is 0. The predicted octanol–water partition coefficient (Wildman–Crippen LogP) is 0.850. The molecule has 1 aliphatic heterocycles. The van der Waals surface area contributed by atoms with Crippen LogP contribution in [0.15, 0.2) is 18.2 Å². The smallest absolute Gasteiger partial charge is 0.289 e. The van der Waals surface area contributed by atoms with Gasteiger partial charge in [-0.3, -0.25) is 10.1 Å². The summed E-state index contributed by atoms with van der Waals surface area (Å²) in [5.41, 5.74) is 0.610. The van der Waals surface area contributed by atoms with Crippen molar-refractivity contribution >= 4 is 11.4 Å². The molecule has 0 radical (unpaired) electrons. The van der Waals surface area contributed by atoms with Gasteiger partial charge in [-0.25, -0.2) is 0 Å². The summed E-state index contributed by atoms with van der Waals surface area (Å²) in [5, 5.41) is 25.7. The molecule has 1 heterocycles. The number of nitrogens with one attached hydrogen (secondary N) is 2. The van der Waals surface area contributed by atoms with Crippen molar-refractivity contribution in [3.05, 3.63) is 33.9 Å². The Labute approximate surface area is 92.0 Å². The normalized spacial score (nSPS) is 14.9. The Hall–Kier alpha value is -2.13.